The van der Waals surface area contributed by atoms with Gasteiger partial charge in [-0.2, -0.15) is 0 Å². The topological polar surface area (TPSA) is 112 Å². The second kappa shape index (κ2) is 5.65. The highest BCUT2D eigenvalue weighted by Gasteiger charge is 2.25. The van der Waals surface area contributed by atoms with E-state index in [-0.39, 0.29) is 16.7 Å². The van der Waals surface area contributed by atoms with Crippen LogP contribution >= 0.6 is 0 Å². The van der Waals surface area contributed by atoms with Gasteiger partial charge in [0.05, 0.1) is 16.7 Å². The smallest absolute Gasteiger partial charge is 0.337 e. The molecule has 0 saturated carbocycles. The molecule has 6 heteroatoms. The van der Waals surface area contributed by atoms with Crippen LogP contribution in [0, 0.1) is 0 Å². The quantitative estimate of drug-likeness (QED) is 0.303. The van der Waals surface area contributed by atoms with Crippen LogP contribution in [0.4, 0.5) is 0 Å². The summed E-state index contributed by atoms with van der Waals surface area (Å²) in [5.74, 6) is -3.76. The number of hydrogen-bond donors (Lipinski definition) is 3. The SMILES string of the molecule is O=C(O)c1cc2cccc3c4ccc(C(=O)O)c5cccc(c(c1C(=O)O)c23)c54. The number of carbonyl (C=O) groups is 3. The third-order valence-corrected chi connectivity index (χ3v) is 5.44. The summed E-state index contributed by atoms with van der Waals surface area (Å²) in [5.41, 5.74) is -0.490. The second-order valence-electron chi connectivity index (χ2n) is 6.88. The molecule has 0 amide bonds. The third kappa shape index (κ3) is 2.14. The Morgan fingerprint density at radius 3 is 1.86 bits per heavy atom. The second-order valence-corrected chi connectivity index (χ2v) is 6.88. The van der Waals surface area contributed by atoms with Gasteiger partial charge in [-0.15, -0.1) is 0 Å². The summed E-state index contributed by atoms with van der Waals surface area (Å²) in [6, 6.07) is 15.0. The van der Waals surface area contributed by atoms with Gasteiger partial charge in [0.1, 0.15) is 0 Å². The Kier molecular flexibility index (Phi) is 3.30. The lowest BCUT2D eigenvalue weighted by Gasteiger charge is -2.18. The highest BCUT2D eigenvalue weighted by atomic mass is 16.4. The molecule has 5 aromatic rings. The van der Waals surface area contributed by atoms with E-state index >= 15 is 0 Å². The van der Waals surface area contributed by atoms with Crippen LogP contribution in [0.1, 0.15) is 31.1 Å². The van der Waals surface area contributed by atoms with Crippen molar-refractivity contribution in [3.05, 3.63) is 71.3 Å². The van der Waals surface area contributed by atoms with Crippen LogP contribution in [0.5, 0.6) is 0 Å². The number of carboxylic acids is 3. The minimum atomic E-state index is -1.34. The molecule has 0 saturated heterocycles. The molecule has 0 atom stereocenters. The number of aromatic carboxylic acids is 3. The van der Waals surface area contributed by atoms with E-state index in [2.05, 4.69) is 0 Å². The number of fused-ring (bicyclic) bond motifs is 2. The maximum absolute atomic E-state index is 12.1. The summed E-state index contributed by atoms with van der Waals surface area (Å²) in [4.78, 5) is 35.7. The third-order valence-electron chi connectivity index (χ3n) is 5.44. The van der Waals surface area contributed by atoms with E-state index in [4.69, 9.17) is 0 Å². The lowest BCUT2D eigenvalue weighted by molar-refractivity contribution is 0.0653. The fourth-order valence-electron chi connectivity index (χ4n) is 4.37. The molecule has 0 spiro atoms. The molecule has 3 N–H and O–H groups in total. The Labute approximate surface area is 162 Å². The van der Waals surface area contributed by atoms with Gasteiger partial charge in [0, 0.05) is 5.39 Å². The van der Waals surface area contributed by atoms with Gasteiger partial charge >= 0.3 is 17.9 Å². The van der Waals surface area contributed by atoms with Crippen molar-refractivity contribution < 1.29 is 29.7 Å². The first-order chi connectivity index (χ1) is 13.9. The molecule has 0 heterocycles. The predicted molar refractivity (Wildman–Crippen MR) is 109 cm³/mol. The van der Waals surface area contributed by atoms with Gasteiger partial charge in [-0.1, -0.05) is 42.5 Å². The van der Waals surface area contributed by atoms with Crippen molar-refractivity contribution in [2.75, 3.05) is 0 Å². The molecule has 0 aliphatic carbocycles. The zero-order chi connectivity index (χ0) is 20.4. The number of rotatable bonds is 3. The minimum absolute atomic E-state index is 0.104. The summed E-state index contributed by atoms with van der Waals surface area (Å²) in [7, 11) is 0. The van der Waals surface area contributed by atoms with Crippen molar-refractivity contribution in [1.82, 2.24) is 0 Å². The van der Waals surface area contributed by atoms with Crippen LogP contribution in [-0.4, -0.2) is 33.2 Å². The largest absolute Gasteiger partial charge is 0.478 e. The first-order valence-corrected chi connectivity index (χ1v) is 8.76. The highest BCUT2D eigenvalue weighted by Crippen LogP contribution is 2.43. The van der Waals surface area contributed by atoms with E-state index in [1.54, 1.807) is 36.4 Å². The van der Waals surface area contributed by atoms with Gasteiger partial charge in [0.2, 0.25) is 0 Å². The molecule has 6 nitrogen and oxygen atoms in total. The van der Waals surface area contributed by atoms with E-state index in [9.17, 15) is 29.7 Å². The molecule has 140 valence electrons. The normalized spacial score (nSPS) is 11.6. The van der Waals surface area contributed by atoms with Crippen LogP contribution in [-0.2, 0) is 0 Å². The minimum Gasteiger partial charge on any atom is -0.478 e. The van der Waals surface area contributed by atoms with E-state index in [0.717, 1.165) is 10.8 Å². The Hall–Kier alpha value is -4.19. The van der Waals surface area contributed by atoms with Crippen LogP contribution in [0.3, 0.4) is 0 Å². The molecule has 5 rings (SSSR count). The molecule has 0 fully saturated rings. The first-order valence-electron chi connectivity index (χ1n) is 8.76. The standard InChI is InChI=1S/C23H12O6/c24-21(25)14-8-7-13-11-4-1-3-10-9-16(22(26)27)20(23(28)29)19(17(10)11)15-6-2-5-12(14)18(13)15/h1-9H,(H,24,25)(H,26,27)(H,28,29). The molecular weight excluding hydrogens is 372 g/mol. The fourth-order valence-corrected chi connectivity index (χ4v) is 4.37. The molecule has 0 bridgehead atoms. The fraction of sp³-hybridized carbons (Fsp3) is 0. The Morgan fingerprint density at radius 1 is 0.552 bits per heavy atom. The van der Waals surface area contributed by atoms with Gasteiger partial charge in [0.15, 0.2) is 0 Å². The molecule has 0 aliphatic heterocycles. The lowest BCUT2D eigenvalue weighted by Crippen LogP contribution is -2.10. The van der Waals surface area contributed by atoms with Gasteiger partial charge in [-0.05, 0) is 49.8 Å². The zero-order valence-electron chi connectivity index (χ0n) is 14.8. The monoisotopic (exact) mass is 384 g/mol. The highest BCUT2D eigenvalue weighted by molar-refractivity contribution is 6.37. The predicted octanol–water partition coefficient (Wildman–Crippen LogP) is 4.83. The molecule has 29 heavy (non-hydrogen) atoms. The lowest BCUT2D eigenvalue weighted by atomic mass is 9.85. The van der Waals surface area contributed by atoms with E-state index in [1.807, 2.05) is 6.07 Å². The van der Waals surface area contributed by atoms with E-state index in [1.165, 1.54) is 12.1 Å². The van der Waals surface area contributed by atoms with Crippen molar-refractivity contribution in [1.29, 1.82) is 0 Å². The van der Waals surface area contributed by atoms with Gasteiger partial charge in [-0.3, -0.25) is 0 Å². The van der Waals surface area contributed by atoms with Crippen LogP contribution in [0.25, 0.3) is 43.1 Å². The Bertz CT molecular complexity index is 1530. The molecule has 0 radical (unpaired) electrons. The Morgan fingerprint density at radius 2 is 1.17 bits per heavy atom. The van der Waals surface area contributed by atoms with Gasteiger partial charge < -0.3 is 15.3 Å². The maximum atomic E-state index is 12.1. The summed E-state index contributed by atoms with van der Waals surface area (Å²) in [6.45, 7) is 0. The van der Waals surface area contributed by atoms with Crippen LogP contribution in [0.2, 0.25) is 0 Å². The zero-order valence-corrected chi connectivity index (χ0v) is 14.8. The van der Waals surface area contributed by atoms with Crippen molar-refractivity contribution >= 4 is 61.0 Å². The van der Waals surface area contributed by atoms with E-state index in [0.29, 0.717) is 32.3 Å². The van der Waals surface area contributed by atoms with Gasteiger partial charge in [-0.25, -0.2) is 14.4 Å². The number of benzene rings is 5. The van der Waals surface area contributed by atoms with Crippen LogP contribution < -0.4 is 0 Å². The molecule has 0 aromatic heterocycles. The van der Waals surface area contributed by atoms with Crippen molar-refractivity contribution in [2.45, 2.75) is 0 Å². The molecular formula is C23H12O6. The molecule has 5 aromatic carbocycles. The maximum Gasteiger partial charge on any atom is 0.337 e. The van der Waals surface area contributed by atoms with Crippen molar-refractivity contribution in [3.8, 4) is 0 Å². The molecule has 0 aliphatic rings. The van der Waals surface area contributed by atoms with Crippen molar-refractivity contribution in [3.63, 3.8) is 0 Å². The average molecular weight is 384 g/mol. The summed E-state index contributed by atoms with van der Waals surface area (Å²) >= 11 is 0. The number of hydrogen-bond acceptors (Lipinski definition) is 3. The Balaban J connectivity index is 2.22. The first kappa shape index (κ1) is 16.9. The molecule has 0 unspecified atom stereocenters. The number of carboxylic acid groups (broad SMARTS) is 3. The average Bonchev–Trinajstić information content (AvgIpc) is 2.70. The summed E-state index contributed by atoms with van der Waals surface area (Å²) in [5, 5.41) is 33.8. The van der Waals surface area contributed by atoms with E-state index < -0.39 is 17.9 Å². The summed E-state index contributed by atoms with van der Waals surface area (Å²) < 4.78 is 0. The summed E-state index contributed by atoms with van der Waals surface area (Å²) in [6.07, 6.45) is 0. The van der Waals surface area contributed by atoms with Crippen LogP contribution in [0.15, 0.2) is 54.6 Å². The van der Waals surface area contributed by atoms with Gasteiger partial charge in [0.25, 0.3) is 0 Å². The van der Waals surface area contributed by atoms with Crippen molar-refractivity contribution in [2.24, 2.45) is 0 Å².